The van der Waals surface area contributed by atoms with Crippen LogP contribution in [0.5, 0.6) is 0 Å². The summed E-state index contributed by atoms with van der Waals surface area (Å²) in [6.07, 6.45) is 7.13. The molecule has 0 amide bonds. The van der Waals surface area contributed by atoms with Gasteiger partial charge in [-0.15, -0.1) is 0 Å². The second-order valence-electron chi connectivity index (χ2n) is 6.50. The molecule has 3 rings (SSSR count). The van der Waals surface area contributed by atoms with Crippen LogP contribution in [0.1, 0.15) is 31.2 Å². The largest absolute Gasteiger partial charge is 0.335 e. The fraction of sp³-hybridized carbons (Fsp3) is 0.400. The number of anilines is 1. The average molecular weight is 322 g/mol. The lowest BCUT2D eigenvalue weighted by atomic mass is 10.1. The van der Waals surface area contributed by atoms with E-state index in [0.29, 0.717) is 5.56 Å². The highest BCUT2D eigenvalue weighted by Gasteiger charge is 2.15. The number of pyridine rings is 1. The highest BCUT2D eigenvalue weighted by atomic mass is 15.1. The molecule has 1 aromatic carbocycles. The Kier molecular flexibility index (Phi) is 5.81. The van der Waals surface area contributed by atoms with Gasteiger partial charge in [0.05, 0.1) is 32.4 Å². The van der Waals surface area contributed by atoms with Crippen molar-refractivity contribution in [2.45, 2.75) is 25.7 Å². The van der Waals surface area contributed by atoms with Gasteiger partial charge in [0.2, 0.25) is 0 Å². The average Bonchev–Trinajstić information content (AvgIpc) is 3.16. The first-order valence-electron chi connectivity index (χ1n) is 8.95. The summed E-state index contributed by atoms with van der Waals surface area (Å²) in [6, 6.07) is 14.4. The van der Waals surface area contributed by atoms with Gasteiger partial charge >= 0.3 is 0 Å². The molecule has 4 heteroatoms. The zero-order valence-electron chi connectivity index (χ0n) is 14.1. The van der Waals surface area contributed by atoms with E-state index in [2.05, 4.69) is 28.5 Å². The topological polar surface area (TPSA) is 54.4 Å². The Bertz CT molecular complexity index is 685. The molecule has 1 aliphatic rings. The summed E-state index contributed by atoms with van der Waals surface area (Å²) in [5, 5.41) is 12.8. The standard InChI is InChI=1S/C20H24N4/c21-15-18-14-19(17-8-2-1-3-9-17)16-23-20(18)22-10-4-5-11-24-12-6-7-13-24/h1-3,8-9,14,16H,4-7,10-13H2,(H,22,23)/p+2. The predicted molar refractivity (Wildman–Crippen MR) is 95.7 cm³/mol. The normalized spacial score (nSPS) is 14.5. The molecule has 0 unspecified atom stereocenters. The van der Waals surface area contributed by atoms with Crippen molar-refractivity contribution in [3.05, 3.63) is 48.2 Å². The van der Waals surface area contributed by atoms with Gasteiger partial charge in [-0.05, 0) is 18.1 Å². The Balaban J connectivity index is 1.53. The van der Waals surface area contributed by atoms with Crippen molar-refractivity contribution >= 4 is 5.82 Å². The third-order valence-electron chi connectivity index (χ3n) is 4.74. The van der Waals surface area contributed by atoms with Gasteiger partial charge in [0, 0.05) is 24.8 Å². The van der Waals surface area contributed by atoms with Gasteiger partial charge in [-0.25, -0.2) is 4.98 Å². The number of hydrogen-bond acceptors (Lipinski definition) is 2. The lowest BCUT2D eigenvalue weighted by Crippen LogP contribution is -3.09. The van der Waals surface area contributed by atoms with E-state index >= 15 is 0 Å². The van der Waals surface area contributed by atoms with Gasteiger partial charge in [-0.3, -0.25) is 5.32 Å². The van der Waals surface area contributed by atoms with Crippen molar-refractivity contribution in [1.82, 2.24) is 0 Å². The molecule has 3 N–H and O–H groups in total. The van der Waals surface area contributed by atoms with Crippen LogP contribution in [-0.2, 0) is 0 Å². The third-order valence-corrected chi connectivity index (χ3v) is 4.74. The van der Waals surface area contributed by atoms with Crippen LogP contribution in [0, 0.1) is 11.3 Å². The van der Waals surface area contributed by atoms with Crippen LogP contribution in [0.25, 0.3) is 11.1 Å². The van der Waals surface area contributed by atoms with Gasteiger partial charge in [0.25, 0.3) is 5.82 Å². The molecule has 24 heavy (non-hydrogen) atoms. The van der Waals surface area contributed by atoms with Crippen molar-refractivity contribution < 1.29 is 9.88 Å². The number of aromatic nitrogens is 1. The first kappa shape index (κ1) is 16.5. The molecule has 0 radical (unpaired) electrons. The number of aromatic amines is 1. The van der Waals surface area contributed by atoms with E-state index in [0.717, 1.165) is 29.9 Å². The Labute approximate surface area is 144 Å². The Hall–Kier alpha value is -2.38. The van der Waals surface area contributed by atoms with Crippen LogP contribution in [0.15, 0.2) is 42.6 Å². The lowest BCUT2D eigenvalue weighted by molar-refractivity contribution is -0.887. The Morgan fingerprint density at radius 1 is 1.08 bits per heavy atom. The summed E-state index contributed by atoms with van der Waals surface area (Å²) in [5.74, 6) is 0.825. The van der Waals surface area contributed by atoms with Crippen LogP contribution in [0.3, 0.4) is 0 Å². The van der Waals surface area contributed by atoms with Crippen molar-refractivity contribution in [1.29, 1.82) is 5.26 Å². The van der Waals surface area contributed by atoms with E-state index in [9.17, 15) is 5.26 Å². The number of nitriles is 1. The van der Waals surface area contributed by atoms with E-state index in [1.54, 1.807) is 4.90 Å². The summed E-state index contributed by atoms with van der Waals surface area (Å²) in [6.45, 7) is 4.88. The third kappa shape index (κ3) is 4.33. The minimum absolute atomic E-state index is 0.668. The van der Waals surface area contributed by atoms with Crippen LogP contribution < -0.4 is 15.2 Å². The number of quaternary nitrogens is 1. The summed E-state index contributed by atoms with van der Waals surface area (Å²) < 4.78 is 0. The summed E-state index contributed by atoms with van der Waals surface area (Å²) in [7, 11) is 0. The van der Waals surface area contributed by atoms with Crippen LogP contribution in [-0.4, -0.2) is 26.2 Å². The van der Waals surface area contributed by atoms with Crippen molar-refractivity contribution in [3.63, 3.8) is 0 Å². The van der Waals surface area contributed by atoms with Crippen molar-refractivity contribution in [3.8, 4) is 17.2 Å². The molecule has 1 fully saturated rings. The first-order valence-corrected chi connectivity index (χ1v) is 8.95. The van der Waals surface area contributed by atoms with Crippen molar-refractivity contribution in [2.75, 3.05) is 31.5 Å². The van der Waals surface area contributed by atoms with E-state index in [-0.39, 0.29) is 0 Å². The van der Waals surface area contributed by atoms with E-state index < -0.39 is 0 Å². The van der Waals surface area contributed by atoms with Gasteiger partial charge in [0.1, 0.15) is 11.6 Å². The molecule has 0 bridgehead atoms. The smallest absolute Gasteiger partial charge is 0.290 e. The van der Waals surface area contributed by atoms with Crippen LogP contribution >= 0.6 is 0 Å². The molecule has 2 heterocycles. The van der Waals surface area contributed by atoms with Crippen molar-refractivity contribution in [2.24, 2.45) is 0 Å². The molecule has 124 valence electrons. The number of nitrogens with one attached hydrogen (secondary N) is 3. The predicted octanol–water partition coefficient (Wildman–Crippen LogP) is 1.91. The van der Waals surface area contributed by atoms with E-state index in [4.69, 9.17) is 0 Å². The zero-order chi connectivity index (χ0) is 16.6. The molecular weight excluding hydrogens is 296 g/mol. The minimum atomic E-state index is 0.668. The Morgan fingerprint density at radius 2 is 1.88 bits per heavy atom. The molecule has 4 nitrogen and oxygen atoms in total. The molecule has 2 aromatic rings. The molecule has 0 saturated carbocycles. The molecule has 1 aliphatic heterocycles. The summed E-state index contributed by atoms with van der Waals surface area (Å²) >= 11 is 0. The number of rotatable bonds is 7. The second-order valence-corrected chi connectivity index (χ2v) is 6.50. The quantitative estimate of drug-likeness (QED) is 0.765. The molecule has 1 saturated heterocycles. The molecular formula is C20H26N4+2. The number of likely N-dealkylation sites (tertiary alicyclic amines) is 1. The van der Waals surface area contributed by atoms with E-state index in [1.165, 1.54) is 38.9 Å². The molecule has 0 spiro atoms. The number of hydrogen-bond donors (Lipinski definition) is 2. The highest BCUT2D eigenvalue weighted by Crippen LogP contribution is 2.20. The van der Waals surface area contributed by atoms with Gasteiger partial charge in [0.15, 0.2) is 0 Å². The maximum atomic E-state index is 9.42. The van der Waals surface area contributed by atoms with E-state index in [1.807, 2.05) is 30.5 Å². The lowest BCUT2D eigenvalue weighted by Gasteiger charge is -2.11. The number of benzene rings is 1. The number of unbranched alkanes of at least 4 members (excludes halogenated alkanes) is 1. The number of nitrogens with zero attached hydrogens (tertiary/aromatic N) is 1. The summed E-state index contributed by atoms with van der Waals surface area (Å²) in [4.78, 5) is 5.00. The highest BCUT2D eigenvalue weighted by molar-refractivity contribution is 5.65. The van der Waals surface area contributed by atoms with Crippen LogP contribution in [0.4, 0.5) is 5.82 Å². The maximum Gasteiger partial charge on any atom is 0.290 e. The maximum absolute atomic E-state index is 9.42. The number of H-pyrrole nitrogens is 1. The first-order chi connectivity index (χ1) is 11.9. The molecule has 1 aromatic heterocycles. The second kappa shape index (κ2) is 8.47. The van der Waals surface area contributed by atoms with Gasteiger partial charge in [-0.1, -0.05) is 30.3 Å². The minimum Gasteiger partial charge on any atom is -0.335 e. The molecule has 0 aliphatic carbocycles. The van der Waals surface area contributed by atoms with Gasteiger partial charge < -0.3 is 4.90 Å². The fourth-order valence-corrected chi connectivity index (χ4v) is 3.37. The van der Waals surface area contributed by atoms with Gasteiger partial charge in [-0.2, -0.15) is 5.26 Å². The SMILES string of the molecule is N#Cc1cc(-c2ccccc2)c[nH+]c1NCCCC[NH+]1CCCC1. The zero-order valence-corrected chi connectivity index (χ0v) is 14.1. The fourth-order valence-electron chi connectivity index (χ4n) is 3.37. The summed E-state index contributed by atoms with van der Waals surface area (Å²) in [5.41, 5.74) is 2.82. The van der Waals surface area contributed by atoms with Crippen LogP contribution in [0.2, 0.25) is 0 Å². The Morgan fingerprint density at radius 3 is 2.62 bits per heavy atom. The monoisotopic (exact) mass is 322 g/mol. The molecule has 0 atom stereocenters.